The Kier molecular flexibility index (Phi) is 6.80. The zero-order valence-corrected chi connectivity index (χ0v) is 13.6. The SMILES string of the molecule is CC1CN(C(=O)c2ccc(NC(=O)CN)cc2)CC(C)O1.Cl. The first-order valence-electron chi connectivity index (χ1n) is 7.04. The van der Waals surface area contributed by atoms with E-state index in [1.807, 2.05) is 13.8 Å². The van der Waals surface area contributed by atoms with E-state index in [9.17, 15) is 9.59 Å². The summed E-state index contributed by atoms with van der Waals surface area (Å²) in [6.45, 7) is 5.04. The number of carbonyl (C=O) groups excluding carboxylic acids is 2. The molecule has 1 saturated heterocycles. The van der Waals surface area contributed by atoms with Gasteiger partial charge in [0.05, 0.1) is 18.8 Å². The molecule has 2 amide bonds. The molecule has 0 aromatic heterocycles. The lowest BCUT2D eigenvalue weighted by molar-refractivity contribution is -0.114. The van der Waals surface area contributed by atoms with Gasteiger partial charge in [0.15, 0.2) is 0 Å². The Morgan fingerprint density at radius 2 is 1.77 bits per heavy atom. The minimum atomic E-state index is -0.259. The van der Waals surface area contributed by atoms with Gasteiger partial charge in [-0.2, -0.15) is 0 Å². The average molecular weight is 328 g/mol. The number of halogens is 1. The average Bonchev–Trinajstić information content (AvgIpc) is 2.46. The third kappa shape index (κ3) is 4.69. The first-order chi connectivity index (χ1) is 9.99. The molecule has 6 nitrogen and oxygen atoms in total. The second kappa shape index (κ2) is 8.12. The number of nitrogens with zero attached hydrogens (tertiary/aromatic N) is 1. The van der Waals surface area contributed by atoms with E-state index in [-0.39, 0.29) is 43.0 Å². The quantitative estimate of drug-likeness (QED) is 0.875. The molecule has 0 aliphatic carbocycles. The number of hydrogen-bond acceptors (Lipinski definition) is 4. The summed E-state index contributed by atoms with van der Waals surface area (Å²) >= 11 is 0. The molecule has 0 bridgehead atoms. The standard InChI is InChI=1S/C15H21N3O3.ClH/c1-10-8-18(9-11(2)21-10)15(20)12-3-5-13(6-4-12)17-14(19)7-16;/h3-6,10-11H,7-9,16H2,1-2H3,(H,17,19);1H. The van der Waals surface area contributed by atoms with Gasteiger partial charge in [0, 0.05) is 24.3 Å². The fraction of sp³-hybridized carbons (Fsp3) is 0.467. The Morgan fingerprint density at radius 3 is 2.27 bits per heavy atom. The lowest BCUT2D eigenvalue weighted by Gasteiger charge is -2.35. The third-order valence-corrected chi connectivity index (χ3v) is 3.31. The van der Waals surface area contributed by atoms with Crippen molar-refractivity contribution in [3.8, 4) is 0 Å². The van der Waals surface area contributed by atoms with Crippen LogP contribution in [0, 0.1) is 0 Å². The van der Waals surface area contributed by atoms with E-state index in [1.165, 1.54) is 0 Å². The first-order valence-corrected chi connectivity index (χ1v) is 7.04. The zero-order valence-electron chi connectivity index (χ0n) is 12.7. The molecule has 0 saturated carbocycles. The first kappa shape index (κ1) is 18.4. The molecule has 0 spiro atoms. The van der Waals surface area contributed by atoms with Crippen molar-refractivity contribution in [1.29, 1.82) is 0 Å². The summed E-state index contributed by atoms with van der Waals surface area (Å²) in [5.41, 5.74) is 6.47. The van der Waals surface area contributed by atoms with Crippen molar-refractivity contribution in [1.82, 2.24) is 4.90 Å². The lowest BCUT2D eigenvalue weighted by atomic mass is 10.1. The van der Waals surface area contributed by atoms with Crippen LogP contribution in [0.4, 0.5) is 5.69 Å². The topological polar surface area (TPSA) is 84.7 Å². The van der Waals surface area contributed by atoms with Gasteiger partial charge in [-0.25, -0.2) is 0 Å². The smallest absolute Gasteiger partial charge is 0.254 e. The van der Waals surface area contributed by atoms with Crippen LogP contribution in [-0.4, -0.2) is 48.6 Å². The van der Waals surface area contributed by atoms with Crippen LogP contribution >= 0.6 is 12.4 Å². The molecule has 1 aromatic carbocycles. The molecule has 7 heteroatoms. The number of benzene rings is 1. The molecule has 3 N–H and O–H groups in total. The van der Waals surface area contributed by atoms with E-state index in [4.69, 9.17) is 10.5 Å². The Bertz CT molecular complexity index is 511. The molecule has 2 atom stereocenters. The van der Waals surface area contributed by atoms with Crippen molar-refractivity contribution < 1.29 is 14.3 Å². The maximum Gasteiger partial charge on any atom is 0.254 e. The molecule has 2 unspecified atom stereocenters. The summed E-state index contributed by atoms with van der Waals surface area (Å²) < 4.78 is 5.62. The monoisotopic (exact) mass is 327 g/mol. The van der Waals surface area contributed by atoms with Gasteiger partial charge in [-0.3, -0.25) is 9.59 Å². The highest BCUT2D eigenvalue weighted by molar-refractivity contribution is 5.96. The van der Waals surface area contributed by atoms with E-state index in [1.54, 1.807) is 29.2 Å². The Balaban J connectivity index is 0.00000242. The fourth-order valence-electron chi connectivity index (χ4n) is 2.43. The number of ether oxygens (including phenoxy) is 1. The Hall–Kier alpha value is -1.63. The van der Waals surface area contributed by atoms with Crippen molar-refractivity contribution in [3.63, 3.8) is 0 Å². The highest BCUT2D eigenvalue weighted by atomic mass is 35.5. The van der Waals surface area contributed by atoms with Crippen LogP contribution in [0.3, 0.4) is 0 Å². The van der Waals surface area contributed by atoms with Crippen LogP contribution in [0.25, 0.3) is 0 Å². The fourth-order valence-corrected chi connectivity index (χ4v) is 2.43. The van der Waals surface area contributed by atoms with E-state index in [2.05, 4.69) is 5.32 Å². The molecular weight excluding hydrogens is 306 g/mol. The molecule has 1 fully saturated rings. The van der Waals surface area contributed by atoms with Gasteiger partial charge in [-0.15, -0.1) is 12.4 Å². The predicted molar refractivity (Wildman–Crippen MR) is 87.3 cm³/mol. The zero-order chi connectivity index (χ0) is 15.4. The van der Waals surface area contributed by atoms with E-state index >= 15 is 0 Å². The van der Waals surface area contributed by atoms with Crippen molar-refractivity contribution in [2.75, 3.05) is 25.0 Å². The molecule has 22 heavy (non-hydrogen) atoms. The van der Waals surface area contributed by atoms with Gasteiger partial charge in [0.1, 0.15) is 0 Å². The Morgan fingerprint density at radius 1 is 1.23 bits per heavy atom. The van der Waals surface area contributed by atoms with Gasteiger partial charge in [-0.1, -0.05) is 0 Å². The highest BCUT2D eigenvalue weighted by Crippen LogP contribution is 2.16. The molecule has 122 valence electrons. The number of nitrogens with one attached hydrogen (secondary N) is 1. The van der Waals surface area contributed by atoms with Crippen LogP contribution in [-0.2, 0) is 9.53 Å². The summed E-state index contributed by atoms with van der Waals surface area (Å²) in [6, 6.07) is 6.82. The Labute approximate surface area is 136 Å². The van der Waals surface area contributed by atoms with Crippen LogP contribution in [0.2, 0.25) is 0 Å². The highest BCUT2D eigenvalue weighted by Gasteiger charge is 2.26. The van der Waals surface area contributed by atoms with Gasteiger partial charge in [0.2, 0.25) is 5.91 Å². The summed E-state index contributed by atoms with van der Waals surface area (Å²) in [4.78, 5) is 25.4. The van der Waals surface area contributed by atoms with Crippen LogP contribution < -0.4 is 11.1 Å². The van der Waals surface area contributed by atoms with Gasteiger partial charge in [0.25, 0.3) is 5.91 Å². The van der Waals surface area contributed by atoms with Crippen molar-refractivity contribution in [3.05, 3.63) is 29.8 Å². The maximum atomic E-state index is 12.4. The summed E-state index contributed by atoms with van der Waals surface area (Å²) in [6.07, 6.45) is 0.0848. The minimum absolute atomic E-state index is 0. The van der Waals surface area contributed by atoms with Crippen molar-refractivity contribution in [2.45, 2.75) is 26.1 Å². The lowest BCUT2D eigenvalue weighted by Crippen LogP contribution is -2.48. The van der Waals surface area contributed by atoms with Crippen molar-refractivity contribution in [2.24, 2.45) is 5.73 Å². The van der Waals surface area contributed by atoms with Gasteiger partial charge < -0.3 is 20.7 Å². The van der Waals surface area contributed by atoms with Crippen LogP contribution in [0.15, 0.2) is 24.3 Å². The molecule has 1 aliphatic heterocycles. The van der Waals surface area contributed by atoms with Crippen LogP contribution in [0.1, 0.15) is 24.2 Å². The van der Waals surface area contributed by atoms with E-state index in [0.29, 0.717) is 24.3 Å². The van der Waals surface area contributed by atoms with Crippen LogP contribution in [0.5, 0.6) is 0 Å². The predicted octanol–water partition coefficient (Wildman–Crippen LogP) is 1.25. The molecule has 1 aromatic rings. The van der Waals surface area contributed by atoms with E-state index in [0.717, 1.165) is 0 Å². The summed E-state index contributed by atoms with van der Waals surface area (Å²) in [7, 11) is 0. The number of nitrogens with two attached hydrogens (primary N) is 1. The summed E-state index contributed by atoms with van der Waals surface area (Å²) in [5.74, 6) is -0.279. The van der Waals surface area contributed by atoms with Gasteiger partial charge in [-0.05, 0) is 38.1 Å². The normalized spacial score (nSPS) is 21.0. The molecule has 1 heterocycles. The number of hydrogen-bond donors (Lipinski definition) is 2. The van der Waals surface area contributed by atoms with Gasteiger partial charge >= 0.3 is 0 Å². The number of anilines is 1. The van der Waals surface area contributed by atoms with E-state index < -0.39 is 0 Å². The minimum Gasteiger partial charge on any atom is -0.372 e. The number of carbonyl (C=O) groups is 2. The molecule has 1 aliphatic rings. The maximum absolute atomic E-state index is 12.4. The summed E-state index contributed by atoms with van der Waals surface area (Å²) in [5, 5.41) is 2.64. The molecule has 2 rings (SSSR count). The van der Waals surface area contributed by atoms with Crippen molar-refractivity contribution >= 4 is 29.9 Å². The second-order valence-corrected chi connectivity index (χ2v) is 5.30. The number of morpholine rings is 1. The largest absolute Gasteiger partial charge is 0.372 e. The second-order valence-electron chi connectivity index (χ2n) is 5.30. The molecule has 0 radical (unpaired) electrons. The number of amides is 2. The number of rotatable bonds is 3. The third-order valence-electron chi connectivity index (χ3n) is 3.31. The molecular formula is C15H22ClN3O3.